The Kier molecular flexibility index (Phi) is 13.8. The summed E-state index contributed by atoms with van der Waals surface area (Å²) in [7, 11) is 0. The zero-order valence-electron chi connectivity index (χ0n) is 10.6. The van der Waals surface area contributed by atoms with E-state index < -0.39 is 0 Å². The summed E-state index contributed by atoms with van der Waals surface area (Å²) in [6.07, 6.45) is 10.8. The molecule has 2 heteroatoms. The maximum Gasteiger partial charge on any atom is 0.146 e. The van der Waals surface area contributed by atoms with E-state index in [1.165, 1.54) is 51.4 Å². The van der Waals surface area contributed by atoms with Crippen LogP contribution in [-0.2, 0) is 9.47 Å². The Morgan fingerprint density at radius 1 is 0.667 bits per heavy atom. The van der Waals surface area contributed by atoms with Crippen LogP contribution in [0, 0.1) is 0 Å². The Balaban J connectivity index is 2.81. The summed E-state index contributed by atoms with van der Waals surface area (Å²) in [6.45, 7) is 6.31. The van der Waals surface area contributed by atoms with Crippen LogP contribution < -0.4 is 0 Å². The summed E-state index contributed by atoms with van der Waals surface area (Å²) < 4.78 is 10.4. The lowest BCUT2D eigenvalue weighted by Gasteiger charge is -2.04. The van der Waals surface area contributed by atoms with Gasteiger partial charge in [0.25, 0.3) is 0 Å². The van der Waals surface area contributed by atoms with Crippen LogP contribution in [0.2, 0.25) is 0 Å². The third-order valence-corrected chi connectivity index (χ3v) is 2.51. The highest BCUT2D eigenvalue weighted by Gasteiger charge is 1.91. The number of ether oxygens (including phenoxy) is 2. The van der Waals surface area contributed by atoms with Crippen LogP contribution in [0.3, 0.4) is 0 Å². The van der Waals surface area contributed by atoms with Crippen LogP contribution in [0.4, 0.5) is 0 Å². The molecule has 2 nitrogen and oxygen atoms in total. The van der Waals surface area contributed by atoms with Gasteiger partial charge in [-0.1, -0.05) is 51.9 Å². The van der Waals surface area contributed by atoms with Crippen molar-refractivity contribution in [2.24, 2.45) is 0 Å². The minimum Gasteiger partial charge on any atom is -0.356 e. The fraction of sp³-hybridized carbons (Fsp3) is 1.00. The van der Waals surface area contributed by atoms with E-state index in [4.69, 9.17) is 9.47 Å². The van der Waals surface area contributed by atoms with E-state index in [0.717, 1.165) is 13.2 Å². The van der Waals surface area contributed by atoms with Gasteiger partial charge in [-0.05, 0) is 13.3 Å². The molecule has 0 fully saturated rings. The van der Waals surface area contributed by atoms with Crippen LogP contribution in [-0.4, -0.2) is 20.0 Å². The standard InChI is InChI=1S/C13H28O2/c1-3-5-6-7-8-9-10-11-12-15-13-14-4-2/h3-13H2,1-2H3. The fourth-order valence-electron chi connectivity index (χ4n) is 1.54. The number of hydrogen-bond acceptors (Lipinski definition) is 2. The van der Waals surface area contributed by atoms with E-state index in [9.17, 15) is 0 Å². The highest BCUT2D eigenvalue weighted by molar-refractivity contribution is 4.45. The van der Waals surface area contributed by atoms with Crippen molar-refractivity contribution in [3.63, 3.8) is 0 Å². The normalized spacial score (nSPS) is 10.8. The molecule has 0 unspecified atom stereocenters. The summed E-state index contributed by atoms with van der Waals surface area (Å²) in [5.41, 5.74) is 0. The van der Waals surface area contributed by atoms with Crippen molar-refractivity contribution in [3.05, 3.63) is 0 Å². The molecular weight excluding hydrogens is 188 g/mol. The van der Waals surface area contributed by atoms with Crippen molar-refractivity contribution in [2.45, 2.75) is 65.2 Å². The molecule has 0 saturated heterocycles. The number of hydrogen-bond donors (Lipinski definition) is 0. The van der Waals surface area contributed by atoms with Crippen molar-refractivity contribution in [2.75, 3.05) is 20.0 Å². The first kappa shape index (κ1) is 14.9. The Bertz CT molecular complexity index is 92.7. The maximum atomic E-state index is 5.30. The largest absolute Gasteiger partial charge is 0.356 e. The molecule has 0 spiro atoms. The van der Waals surface area contributed by atoms with E-state index in [1.807, 2.05) is 6.92 Å². The van der Waals surface area contributed by atoms with Gasteiger partial charge in [0, 0.05) is 13.2 Å². The summed E-state index contributed by atoms with van der Waals surface area (Å²) in [4.78, 5) is 0. The molecule has 0 aromatic heterocycles. The fourth-order valence-corrected chi connectivity index (χ4v) is 1.54. The third kappa shape index (κ3) is 13.9. The molecule has 0 aliphatic rings. The predicted molar refractivity (Wildman–Crippen MR) is 65.1 cm³/mol. The Morgan fingerprint density at radius 2 is 1.27 bits per heavy atom. The first-order valence-electron chi connectivity index (χ1n) is 6.57. The summed E-state index contributed by atoms with van der Waals surface area (Å²) in [5.74, 6) is 0. The van der Waals surface area contributed by atoms with Crippen LogP contribution in [0.5, 0.6) is 0 Å². The van der Waals surface area contributed by atoms with E-state index in [2.05, 4.69) is 6.92 Å². The van der Waals surface area contributed by atoms with E-state index in [-0.39, 0.29) is 0 Å². The van der Waals surface area contributed by atoms with Gasteiger partial charge in [0.2, 0.25) is 0 Å². The Labute approximate surface area is 95.3 Å². The monoisotopic (exact) mass is 216 g/mol. The van der Waals surface area contributed by atoms with Gasteiger partial charge in [-0.2, -0.15) is 0 Å². The zero-order chi connectivity index (χ0) is 11.2. The van der Waals surface area contributed by atoms with Crippen molar-refractivity contribution >= 4 is 0 Å². The molecule has 0 amide bonds. The molecular formula is C13H28O2. The minimum atomic E-state index is 0.465. The molecule has 15 heavy (non-hydrogen) atoms. The van der Waals surface area contributed by atoms with E-state index >= 15 is 0 Å². The molecule has 0 radical (unpaired) electrons. The molecule has 0 aliphatic heterocycles. The van der Waals surface area contributed by atoms with Gasteiger partial charge in [0.05, 0.1) is 0 Å². The topological polar surface area (TPSA) is 18.5 Å². The van der Waals surface area contributed by atoms with Crippen molar-refractivity contribution in [3.8, 4) is 0 Å². The second kappa shape index (κ2) is 13.9. The first-order valence-corrected chi connectivity index (χ1v) is 6.57. The Morgan fingerprint density at radius 3 is 1.87 bits per heavy atom. The van der Waals surface area contributed by atoms with Crippen molar-refractivity contribution < 1.29 is 9.47 Å². The molecule has 0 aromatic carbocycles. The van der Waals surface area contributed by atoms with Gasteiger partial charge in [0.1, 0.15) is 6.79 Å². The first-order chi connectivity index (χ1) is 7.41. The molecule has 0 aliphatic carbocycles. The highest BCUT2D eigenvalue weighted by Crippen LogP contribution is 2.08. The third-order valence-electron chi connectivity index (χ3n) is 2.51. The maximum absolute atomic E-state index is 5.30. The molecule has 0 bridgehead atoms. The van der Waals surface area contributed by atoms with Gasteiger partial charge < -0.3 is 9.47 Å². The molecule has 0 atom stereocenters. The molecule has 0 saturated carbocycles. The number of rotatable bonds is 12. The van der Waals surface area contributed by atoms with Crippen LogP contribution in [0.15, 0.2) is 0 Å². The summed E-state index contributed by atoms with van der Waals surface area (Å²) >= 11 is 0. The molecule has 0 heterocycles. The van der Waals surface area contributed by atoms with Crippen molar-refractivity contribution in [1.82, 2.24) is 0 Å². The predicted octanol–water partition coefficient (Wildman–Crippen LogP) is 4.14. The SMILES string of the molecule is CCCCCCCCCCOCOCC. The van der Waals surface area contributed by atoms with Gasteiger partial charge >= 0.3 is 0 Å². The van der Waals surface area contributed by atoms with E-state index in [0.29, 0.717) is 6.79 Å². The zero-order valence-corrected chi connectivity index (χ0v) is 10.6. The van der Waals surface area contributed by atoms with Gasteiger partial charge in [-0.15, -0.1) is 0 Å². The average Bonchev–Trinajstić information content (AvgIpc) is 2.26. The second-order valence-electron chi connectivity index (χ2n) is 3.99. The number of unbranched alkanes of at least 4 members (excludes halogenated alkanes) is 7. The van der Waals surface area contributed by atoms with Gasteiger partial charge in [0.15, 0.2) is 0 Å². The minimum absolute atomic E-state index is 0.465. The molecule has 92 valence electrons. The van der Waals surface area contributed by atoms with Crippen molar-refractivity contribution in [1.29, 1.82) is 0 Å². The molecule has 0 rings (SSSR count). The molecule has 0 N–H and O–H groups in total. The van der Waals surface area contributed by atoms with Crippen LogP contribution >= 0.6 is 0 Å². The Hall–Kier alpha value is -0.0800. The average molecular weight is 216 g/mol. The van der Waals surface area contributed by atoms with Gasteiger partial charge in [-0.25, -0.2) is 0 Å². The summed E-state index contributed by atoms with van der Waals surface area (Å²) in [5, 5.41) is 0. The lowest BCUT2D eigenvalue weighted by atomic mass is 10.1. The highest BCUT2D eigenvalue weighted by atomic mass is 16.7. The van der Waals surface area contributed by atoms with E-state index in [1.54, 1.807) is 0 Å². The smallest absolute Gasteiger partial charge is 0.146 e. The lowest BCUT2D eigenvalue weighted by molar-refractivity contribution is -0.0502. The van der Waals surface area contributed by atoms with Gasteiger partial charge in [-0.3, -0.25) is 0 Å². The second-order valence-corrected chi connectivity index (χ2v) is 3.99. The molecule has 0 aromatic rings. The summed E-state index contributed by atoms with van der Waals surface area (Å²) in [6, 6.07) is 0. The van der Waals surface area contributed by atoms with Crippen LogP contribution in [0.1, 0.15) is 65.2 Å². The van der Waals surface area contributed by atoms with Crippen LogP contribution in [0.25, 0.3) is 0 Å². The quantitative estimate of drug-likeness (QED) is 0.360. The lowest BCUT2D eigenvalue weighted by Crippen LogP contribution is -2.00.